The van der Waals surface area contributed by atoms with Crippen molar-refractivity contribution in [3.63, 3.8) is 0 Å². The standard InChI is InChI=1S/C10H12O2/c1-7(2)8-5-3-4-6-9(8)10(11)12/h3-6,9H,1-2H3,(H,11,12). The molecule has 0 fully saturated rings. The molecular weight excluding hydrogens is 152 g/mol. The largest absolute Gasteiger partial charge is 0.481 e. The number of carbonyl (C=O) groups is 1. The van der Waals surface area contributed by atoms with Gasteiger partial charge in [-0.05, 0) is 19.4 Å². The molecule has 1 aliphatic carbocycles. The fraction of sp³-hybridized carbons (Fsp3) is 0.300. The topological polar surface area (TPSA) is 37.3 Å². The number of hydrogen-bond donors (Lipinski definition) is 1. The highest BCUT2D eigenvalue weighted by Crippen LogP contribution is 2.22. The van der Waals surface area contributed by atoms with Gasteiger partial charge in [0.2, 0.25) is 0 Å². The van der Waals surface area contributed by atoms with Crippen molar-refractivity contribution < 1.29 is 9.90 Å². The fourth-order valence-corrected chi connectivity index (χ4v) is 1.23. The van der Waals surface area contributed by atoms with Crippen LogP contribution in [0, 0.1) is 5.92 Å². The summed E-state index contributed by atoms with van der Waals surface area (Å²) in [7, 11) is 0. The van der Waals surface area contributed by atoms with Gasteiger partial charge in [-0.3, -0.25) is 4.79 Å². The Kier molecular flexibility index (Phi) is 2.48. The van der Waals surface area contributed by atoms with Crippen molar-refractivity contribution in [3.05, 3.63) is 35.5 Å². The first-order valence-corrected chi connectivity index (χ1v) is 3.88. The van der Waals surface area contributed by atoms with Crippen molar-refractivity contribution in [2.45, 2.75) is 13.8 Å². The molecule has 2 nitrogen and oxygen atoms in total. The second kappa shape index (κ2) is 3.39. The molecule has 1 rings (SSSR count). The molecule has 0 spiro atoms. The van der Waals surface area contributed by atoms with Crippen molar-refractivity contribution in [1.82, 2.24) is 0 Å². The zero-order chi connectivity index (χ0) is 9.14. The summed E-state index contributed by atoms with van der Waals surface area (Å²) in [6.07, 6.45) is 7.19. The van der Waals surface area contributed by atoms with Gasteiger partial charge in [-0.2, -0.15) is 0 Å². The second-order valence-corrected chi connectivity index (χ2v) is 3.02. The zero-order valence-corrected chi connectivity index (χ0v) is 7.24. The Morgan fingerprint density at radius 2 is 2.08 bits per heavy atom. The van der Waals surface area contributed by atoms with Crippen molar-refractivity contribution in [3.8, 4) is 0 Å². The first-order valence-electron chi connectivity index (χ1n) is 3.88. The molecule has 0 saturated carbocycles. The summed E-state index contributed by atoms with van der Waals surface area (Å²) in [6, 6.07) is 0. The molecule has 2 heteroatoms. The molecule has 0 aromatic heterocycles. The third-order valence-electron chi connectivity index (χ3n) is 1.87. The summed E-state index contributed by atoms with van der Waals surface area (Å²) in [4.78, 5) is 10.7. The van der Waals surface area contributed by atoms with Crippen molar-refractivity contribution in [1.29, 1.82) is 0 Å². The smallest absolute Gasteiger partial charge is 0.314 e. The van der Waals surface area contributed by atoms with Gasteiger partial charge in [-0.1, -0.05) is 29.9 Å². The highest BCUT2D eigenvalue weighted by atomic mass is 16.4. The monoisotopic (exact) mass is 164 g/mol. The Morgan fingerprint density at radius 1 is 1.42 bits per heavy atom. The van der Waals surface area contributed by atoms with E-state index < -0.39 is 11.9 Å². The maximum Gasteiger partial charge on any atom is 0.314 e. The minimum absolute atomic E-state index is 0.458. The van der Waals surface area contributed by atoms with E-state index in [0.29, 0.717) is 0 Å². The summed E-state index contributed by atoms with van der Waals surface area (Å²) in [5, 5.41) is 8.84. The average molecular weight is 164 g/mol. The molecule has 0 heterocycles. The van der Waals surface area contributed by atoms with E-state index in [1.54, 1.807) is 12.2 Å². The lowest BCUT2D eigenvalue weighted by Gasteiger charge is -2.13. The summed E-state index contributed by atoms with van der Waals surface area (Å²) in [5.74, 6) is -1.24. The van der Waals surface area contributed by atoms with E-state index in [1.165, 1.54) is 0 Å². The Bertz CT molecular complexity index is 278. The van der Waals surface area contributed by atoms with Crippen LogP contribution in [0.1, 0.15) is 13.8 Å². The first kappa shape index (κ1) is 8.78. The minimum atomic E-state index is -0.785. The van der Waals surface area contributed by atoms with Crippen molar-refractivity contribution in [2.24, 2.45) is 5.92 Å². The molecule has 0 bridgehead atoms. The molecule has 0 aromatic carbocycles. The van der Waals surface area contributed by atoms with E-state index >= 15 is 0 Å². The molecule has 0 aromatic rings. The van der Waals surface area contributed by atoms with Crippen LogP contribution < -0.4 is 0 Å². The molecule has 64 valence electrons. The molecule has 1 N–H and O–H groups in total. The van der Waals surface area contributed by atoms with Crippen LogP contribution in [0.2, 0.25) is 0 Å². The number of rotatable bonds is 1. The number of aliphatic carboxylic acids is 1. The lowest BCUT2D eigenvalue weighted by molar-refractivity contribution is -0.138. The number of carboxylic acid groups (broad SMARTS) is 1. The maximum atomic E-state index is 10.7. The third kappa shape index (κ3) is 1.64. The maximum absolute atomic E-state index is 10.7. The van der Waals surface area contributed by atoms with E-state index in [1.807, 2.05) is 26.0 Å². The van der Waals surface area contributed by atoms with Crippen LogP contribution >= 0.6 is 0 Å². The second-order valence-electron chi connectivity index (χ2n) is 3.02. The van der Waals surface area contributed by atoms with Gasteiger partial charge in [0, 0.05) is 0 Å². The Hall–Kier alpha value is -1.31. The van der Waals surface area contributed by atoms with E-state index in [-0.39, 0.29) is 0 Å². The minimum Gasteiger partial charge on any atom is -0.481 e. The Morgan fingerprint density at radius 3 is 2.50 bits per heavy atom. The Labute approximate surface area is 71.9 Å². The highest BCUT2D eigenvalue weighted by molar-refractivity contribution is 5.78. The molecule has 0 radical (unpaired) electrons. The van der Waals surface area contributed by atoms with Crippen LogP contribution in [-0.4, -0.2) is 11.1 Å². The lowest BCUT2D eigenvalue weighted by atomic mass is 9.91. The van der Waals surface area contributed by atoms with Crippen molar-refractivity contribution >= 4 is 5.97 Å². The van der Waals surface area contributed by atoms with E-state index in [0.717, 1.165) is 11.1 Å². The fourth-order valence-electron chi connectivity index (χ4n) is 1.23. The number of carboxylic acids is 1. The van der Waals surface area contributed by atoms with Crippen LogP contribution in [-0.2, 0) is 4.79 Å². The molecule has 0 saturated heterocycles. The predicted molar refractivity (Wildman–Crippen MR) is 47.8 cm³/mol. The molecule has 0 aliphatic heterocycles. The van der Waals surface area contributed by atoms with Gasteiger partial charge in [-0.15, -0.1) is 0 Å². The molecule has 0 amide bonds. The van der Waals surface area contributed by atoms with Gasteiger partial charge in [-0.25, -0.2) is 0 Å². The lowest BCUT2D eigenvalue weighted by Crippen LogP contribution is -2.14. The average Bonchev–Trinajstić information content (AvgIpc) is 2.04. The zero-order valence-electron chi connectivity index (χ0n) is 7.24. The first-order chi connectivity index (χ1) is 5.63. The highest BCUT2D eigenvalue weighted by Gasteiger charge is 2.19. The van der Waals surface area contributed by atoms with Gasteiger partial charge in [0.05, 0.1) is 5.92 Å². The molecule has 1 aliphatic rings. The van der Waals surface area contributed by atoms with Crippen molar-refractivity contribution in [2.75, 3.05) is 0 Å². The summed E-state index contributed by atoms with van der Waals surface area (Å²) in [6.45, 7) is 3.85. The SMILES string of the molecule is CC(C)=C1C=CC=CC1C(=O)O. The van der Waals surface area contributed by atoms with Gasteiger partial charge in [0.1, 0.15) is 0 Å². The van der Waals surface area contributed by atoms with Crippen LogP contribution in [0.15, 0.2) is 35.5 Å². The Balaban J connectivity index is 3.01. The predicted octanol–water partition coefficient (Wildman–Crippen LogP) is 2.15. The quantitative estimate of drug-likeness (QED) is 0.644. The third-order valence-corrected chi connectivity index (χ3v) is 1.87. The van der Waals surface area contributed by atoms with Gasteiger partial charge in [0.25, 0.3) is 0 Å². The van der Waals surface area contributed by atoms with E-state index in [2.05, 4.69) is 0 Å². The van der Waals surface area contributed by atoms with Crippen LogP contribution in [0.25, 0.3) is 0 Å². The summed E-state index contributed by atoms with van der Waals surface area (Å²) >= 11 is 0. The van der Waals surface area contributed by atoms with Gasteiger partial charge >= 0.3 is 5.97 Å². The summed E-state index contributed by atoms with van der Waals surface area (Å²) in [5.41, 5.74) is 1.95. The molecular formula is C10H12O2. The van der Waals surface area contributed by atoms with Gasteiger partial charge < -0.3 is 5.11 Å². The molecule has 12 heavy (non-hydrogen) atoms. The normalized spacial score (nSPS) is 21.2. The number of hydrogen-bond acceptors (Lipinski definition) is 1. The van der Waals surface area contributed by atoms with E-state index in [9.17, 15) is 4.79 Å². The molecule has 1 atom stereocenters. The molecule has 1 unspecified atom stereocenters. The van der Waals surface area contributed by atoms with Crippen LogP contribution in [0.5, 0.6) is 0 Å². The number of allylic oxidation sites excluding steroid dienone is 4. The van der Waals surface area contributed by atoms with Crippen LogP contribution in [0.4, 0.5) is 0 Å². The van der Waals surface area contributed by atoms with E-state index in [4.69, 9.17) is 5.11 Å². The summed E-state index contributed by atoms with van der Waals surface area (Å²) < 4.78 is 0. The van der Waals surface area contributed by atoms with Gasteiger partial charge in [0.15, 0.2) is 0 Å². The van der Waals surface area contributed by atoms with Crippen LogP contribution in [0.3, 0.4) is 0 Å².